The maximum atomic E-state index is 10.2. The van der Waals surface area contributed by atoms with Crippen molar-refractivity contribution in [1.29, 1.82) is 0 Å². The third-order valence-corrected chi connectivity index (χ3v) is 1.45. The Labute approximate surface area is 57.7 Å². The van der Waals surface area contributed by atoms with Gasteiger partial charge >= 0.3 is 5.97 Å². The summed E-state index contributed by atoms with van der Waals surface area (Å²) in [4.78, 5) is 14.7. The molecule has 5 nitrogen and oxygen atoms in total. The van der Waals surface area contributed by atoms with E-state index in [4.69, 9.17) is 15.7 Å². The van der Waals surface area contributed by atoms with Crippen LogP contribution in [-0.2, 0) is 14.4 Å². The van der Waals surface area contributed by atoms with Gasteiger partial charge in [-0.25, -0.2) is 5.90 Å². The second-order valence-electron chi connectivity index (χ2n) is 2.36. The molecule has 0 aromatic rings. The van der Waals surface area contributed by atoms with Crippen molar-refractivity contribution in [2.75, 3.05) is 13.2 Å². The molecule has 1 heterocycles. The van der Waals surface area contributed by atoms with Crippen LogP contribution >= 0.6 is 0 Å². The molecule has 0 aromatic carbocycles. The highest BCUT2D eigenvalue weighted by atomic mass is 16.7. The Morgan fingerprint density at radius 1 is 1.80 bits per heavy atom. The molecule has 1 aliphatic heterocycles. The van der Waals surface area contributed by atoms with E-state index >= 15 is 0 Å². The van der Waals surface area contributed by atoms with E-state index < -0.39 is 11.6 Å². The molecule has 0 aromatic heterocycles. The maximum Gasteiger partial charge on any atom is 0.306 e. The molecule has 0 bridgehead atoms. The summed E-state index contributed by atoms with van der Waals surface area (Å²) in [6.45, 7) is 0.547. The van der Waals surface area contributed by atoms with Crippen LogP contribution in [0, 0.1) is 0 Å². The number of nitrogens with two attached hydrogens (primary N) is 1. The summed E-state index contributed by atoms with van der Waals surface area (Å²) in [5.74, 6) is 3.95. The minimum atomic E-state index is -0.922. The zero-order valence-electron chi connectivity index (χ0n) is 5.37. The molecule has 3 N–H and O–H groups in total. The summed E-state index contributed by atoms with van der Waals surface area (Å²) in [7, 11) is 0. The molecule has 0 amide bonds. The predicted octanol–water partition coefficient (Wildman–Crippen LogP) is -0.880. The highest BCUT2D eigenvalue weighted by molar-refractivity contribution is 5.68. The molecule has 0 spiro atoms. The Kier molecular flexibility index (Phi) is 1.89. The highest BCUT2D eigenvalue weighted by Gasteiger charge is 2.41. The first-order valence-electron chi connectivity index (χ1n) is 2.86. The summed E-state index contributed by atoms with van der Waals surface area (Å²) < 4.78 is 4.76. The first kappa shape index (κ1) is 7.46. The van der Waals surface area contributed by atoms with E-state index in [2.05, 4.69) is 4.84 Å². The monoisotopic (exact) mass is 147 g/mol. The van der Waals surface area contributed by atoms with Crippen LogP contribution in [0.1, 0.15) is 6.42 Å². The van der Waals surface area contributed by atoms with Gasteiger partial charge in [0.2, 0.25) is 0 Å². The van der Waals surface area contributed by atoms with Crippen LogP contribution in [0.4, 0.5) is 0 Å². The van der Waals surface area contributed by atoms with E-state index in [9.17, 15) is 4.79 Å². The summed E-state index contributed by atoms with van der Waals surface area (Å²) in [5, 5.41) is 8.35. The molecule has 1 saturated heterocycles. The molecule has 0 atom stereocenters. The molecular weight excluding hydrogens is 138 g/mol. The van der Waals surface area contributed by atoms with Crippen molar-refractivity contribution in [1.82, 2.24) is 0 Å². The number of rotatable bonds is 3. The molecule has 1 rings (SSSR count). The lowest BCUT2D eigenvalue weighted by Gasteiger charge is -2.37. The first-order chi connectivity index (χ1) is 4.68. The zero-order chi connectivity index (χ0) is 7.61. The quantitative estimate of drug-likeness (QED) is 0.506. The fraction of sp³-hybridized carbons (Fsp3) is 0.800. The van der Waals surface area contributed by atoms with Gasteiger partial charge in [0.25, 0.3) is 0 Å². The summed E-state index contributed by atoms with van der Waals surface area (Å²) >= 11 is 0. The molecular formula is C5H9NO4. The molecule has 5 heteroatoms. The van der Waals surface area contributed by atoms with Crippen LogP contribution in [0.25, 0.3) is 0 Å². The van der Waals surface area contributed by atoms with Crippen molar-refractivity contribution in [2.45, 2.75) is 12.0 Å². The molecule has 0 unspecified atom stereocenters. The van der Waals surface area contributed by atoms with E-state index in [1.807, 2.05) is 0 Å². The normalized spacial score (nSPS) is 21.7. The predicted molar refractivity (Wildman–Crippen MR) is 31.1 cm³/mol. The molecule has 1 fully saturated rings. The van der Waals surface area contributed by atoms with Crippen LogP contribution < -0.4 is 5.90 Å². The molecule has 0 radical (unpaired) electrons. The van der Waals surface area contributed by atoms with Crippen LogP contribution in [0.5, 0.6) is 0 Å². The number of ether oxygens (including phenoxy) is 1. The van der Waals surface area contributed by atoms with Crippen LogP contribution in [-0.4, -0.2) is 29.9 Å². The lowest BCUT2D eigenvalue weighted by atomic mass is 9.98. The molecule has 1 aliphatic rings. The Balaban J connectivity index is 2.40. The summed E-state index contributed by atoms with van der Waals surface area (Å²) in [6, 6.07) is 0. The standard InChI is InChI=1S/C5H9NO4/c6-10-5(1-4(7)8)2-9-3-5/h1-3,6H2,(H,7,8). The Morgan fingerprint density at radius 3 is 2.50 bits per heavy atom. The first-order valence-corrected chi connectivity index (χ1v) is 2.86. The third-order valence-electron chi connectivity index (χ3n) is 1.45. The Hall–Kier alpha value is -0.650. The lowest BCUT2D eigenvalue weighted by molar-refractivity contribution is -0.218. The van der Waals surface area contributed by atoms with Gasteiger partial charge in [0, 0.05) is 0 Å². The maximum absolute atomic E-state index is 10.2. The number of hydrogen-bond donors (Lipinski definition) is 2. The van der Waals surface area contributed by atoms with Crippen LogP contribution in [0.2, 0.25) is 0 Å². The van der Waals surface area contributed by atoms with Crippen molar-refractivity contribution in [3.63, 3.8) is 0 Å². The van der Waals surface area contributed by atoms with Crippen molar-refractivity contribution in [2.24, 2.45) is 5.90 Å². The van der Waals surface area contributed by atoms with Crippen molar-refractivity contribution >= 4 is 5.97 Å². The fourth-order valence-corrected chi connectivity index (χ4v) is 0.817. The Morgan fingerprint density at radius 2 is 2.40 bits per heavy atom. The highest BCUT2D eigenvalue weighted by Crippen LogP contribution is 2.23. The molecule has 10 heavy (non-hydrogen) atoms. The van der Waals surface area contributed by atoms with Gasteiger partial charge in [-0.1, -0.05) is 0 Å². The SMILES string of the molecule is NOC1(CC(=O)O)COC1. The largest absolute Gasteiger partial charge is 0.481 e. The van der Waals surface area contributed by atoms with Gasteiger partial charge < -0.3 is 9.84 Å². The number of hydrogen-bond acceptors (Lipinski definition) is 4. The van der Waals surface area contributed by atoms with Gasteiger partial charge in [-0.15, -0.1) is 0 Å². The summed E-state index contributed by atoms with van der Waals surface area (Å²) in [6.07, 6.45) is -0.0938. The molecule has 0 saturated carbocycles. The topological polar surface area (TPSA) is 81.8 Å². The number of carboxylic acids is 1. The van der Waals surface area contributed by atoms with Gasteiger partial charge in [0.15, 0.2) is 0 Å². The van der Waals surface area contributed by atoms with Crippen LogP contribution in [0.3, 0.4) is 0 Å². The molecule has 0 aliphatic carbocycles. The minimum absolute atomic E-state index is 0.0938. The van der Waals surface area contributed by atoms with E-state index in [1.54, 1.807) is 0 Å². The minimum Gasteiger partial charge on any atom is -0.481 e. The molecule has 58 valence electrons. The zero-order valence-corrected chi connectivity index (χ0v) is 5.37. The number of carboxylic acid groups (broad SMARTS) is 1. The summed E-state index contributed by atoms with van der Waals surface area (Å²) in [5.41, 5.74) is -0.758. The average molecular weight is 147 g/mol. The van der Waals surface area contributed by atoms with E-state index in [0.29, 0.717) is 0 Å². The van der Waals surface area contributed by atoms with Gasteiger partial charge in [-0.3, -0.25) is 9.63 Å². The van der Waals surface area contributed by atoms with Gasteiger partial charge in [0.1, 0.15) is 5.60 Å². The second-order valence-corrected chi connectivity index (χ2v) is 2.36. The van der Waals surface area contributed by atoms with Crippen molar-refractivity contribution in [3.8, 4) is 0 Å². The second kappa shape index (κ2) is 2.53. The Bertz CT molecular complexity index is 137. The number of aliphatic carboxylic acids is 1. The van der Waals surface area contributed by atoms with Gasteiger partial charge in [-0.2, -0.15) is 0 Å². The fourth-order valence-electron chi connectivity index (χ4n) is 0.817. The van der Waals surface area contributed by atoms with Crippen molar-refractivity contribution < 1.29 is 19.5 Å². The van der Waals surface area contributed by atoms with Crippen LogP contribution in [0.15, 0.2) is 0 Å². The number of carbonyl (C=O) groups is 1. The van der Waals surface area contributed by atoms with Gasteiger partial charge in [-0.05, 0) is 0 Å². The smallest absolute Gasteiger partial charge is 0.306 e. The van der Waals surface area contributed by atoms with E-state index in [-0.39, 0.29) is 19.6 Å². The van der Waals surface area contributed by atoms with E-state index in [1.165, 1.54) is 0 Å². The average Bonchev–Trinajstić information content (AvgIpc) is 1.78. The van der Waals surface area contributed by atoms with Gasteiger partial charge in [0.05, 0.1) is 19.6 Å². The lowest BCUT2D eigenvalue weighted by Crippen LogP contribution is -2.54. The van der Waals surface area contributed by atoms with Crippen molar-refractivity contribution in [3.05, 3.63) is 0 Å². The van der Waals surface area contributed by atoms with E-state index in [0.717, 1.165) is 0 Å². The third kappa shape index (κ3) is 1.26.